The van der Waals surface area contributed by atoms with Crippen LogP contribution in [-0.4, -0.2) is 84.4 Å². The summed E-state index contributed by atoms with van der Waals surface area (Å²) in [5, 5.41) is 19.2. The number of carboxylic acids is 1. The Bertz CT molecular complexity index is 1640. The largest absolute Gasteiger partial charge is 0.480 e. The Labute approximate surface area is 259 Å². The van der Waals surface area contributed by atoms with Crippen LogP contribution in [-0.2, 0) is 35.8 Å². The van der Waals surface area contributed by atoms with Crippen LogP contribution in [0.2, 0.25) is 0 Å². The normalized spacial score (nSPS) is 19.8. The van der Waals surface area contributed by atoms with Crippen molar-refractivity contribution in [1.29, 1.82) is 0 Å². The summed E-state index contributed by atoms with van der Waals surface area (Å²) >= 11 is 0. The van der Waals surface area contributed by atoms with Crippen LogP contribution in [0.4, 0.5) is 10.6 Å². The number of anilines is 1. The van der Waals surface area contributed by atoms with Crippen molar-refractivity contribution in [2.75, 3.05) is 25.0 Å². The summed E-state index contributed by atoms with van der Waals surface area (Å²) in [6.45, 7) is -0.0514. The number of hydrogen-bond acceptors (Lipinski definition) is 10. The molecular weight excluding hydrogens is 604 g/mol. The second-order valence-corrected chi connectivity index (χ2v) is 12.4. The van der Waals surface area contributed by atoms with Gasteiger partial charge < -0.3 is 25.3 Å². The maximum Gasteiger partial charge on any atom is 0.410 e. The number of sulfonamides is 1. The van der Waals surface area contributed by atoms with Crippen molar-refractivity contribution in [3.8, 4) is 0 Å². The Hall–Kier alpha value is -5.02. The van der Waals surface area contributed by atoms with Crippen LogP contribution in [0.25, 0.3) is 0 Å². The van der Waals surface area contributed by atoms with Crippen LogP contribution in [0.1, 0.15) is 18.4 Å². The van der Waals surface area contributed by atoms with E-state index in [9.17, 15) is 27.9 Å². The maximum absolute atomic E-state index is 13.2. The van der Waals surface area contributed by atoms with Crippen LogP contribution >= 0.6 is 0 Å². The van der Waals surface area contributed by atoms with E-state index in [1.54, 1.807) is 24.4 Å². The molecule has 5 rings (SSSR count). The number of carbonyl (C=O) groups is 3. The first-order valence-corrected chi connectivity index (χ1v) is 15.6. The predicted octanol–water partition coefficient (Wildman–Crippen LogP) is 1.97. The first-order valence-electron chi connectivity index (χ1n) is 14.1. The molecule has 2 amide bonds. The molecule has 3 atom stereocenters. The zero-order valence-electron chi connectivity index (χ0n) is 24.0. The molecule has 0 bridgehead atoms. The summed E-state index contributed by atoms with van der Waals surface area (Å²) in [7, 11) is -4.16. The summed E-state index contributed by atoms with van der Waals surface area (Å²) in [5.74, 6) is -1.57. The number of nitrogens with one attached hydrogen (secondary N) is 3. The van der Waals surface area contributed by atoms with Crippen molar-refractivity contribution in [2.45, 2.75) is 42.0 Å². The molecule has 4 N–H and O–H groups in total. The average Bonchev–Trinajstić information content (AvgIpc) is 3.65. The van der Waals surface area contributed by atoms with Gasteiger partial charge in [0.05, 0.1) is 17.5 Å². The van der Waals surface area contributed by atoms with Crippen molar-refractivity contribution >= 4 is 39.5 Å². The Kier molecular flexibility index (Phi) is 9.59. The number of nitrogens with zero attached hydrogens (tertiary/aromatic N) is 3. The van der Waals surface area contributed by atoms with Gasteiger partial charge in [-0.05, 0) is 29.8 Å². The highest BCUT2D eigenvalue weighted by atomic mass is 32.2. The standard InChI is InChI=1S/C30H32N6O8S/c37-27(33-18-25(28(38)39)35-45(41,42)23-11-5-2-6-12-23)24-16-30(44-34-24)15-22(17-32-26-13-7-8-14-31-26)36(20-30)29(40)43-19-21-9-3-1-4-10-21/h1-14,22,25,35H,15-20H2,(H,31,32)(H,33,37)(H,38,39)/t22?,25-,30?/m0/s1. The minimum Gasteiger partial charge on any atom is -0.480 e. The first kappa shape index (κ1) is 31.4. The van der Waals surface area contributed by atoms with Gasteiger partial charge in [-0.25, -0.2) is 18.2 Å². The first-order chi connectivity index (χ1) is 21.6. The van der Waals surface area contributed by atoms with Gasteiger partial charge in [-0.1, -0.05) is 59.8 Å². The summed E-state index contributed by atoms with van der Waals surface area (Å²) < 4.78 is 32.9. The lowest BCUT2D eigenvalue weighted by atomic mass is 9.94. The van der Waals surface area contributed by atoms with Gasteiger partial charge in [0.15, 0.2) is 5.60 Å². The summed E-state index contributed by atoms with van der Waals surface area (Å²) in [4.78, 5) is 49.5. The smallest absolute Gasteiger partial charge is 0.410 e. The fourth-order valence-corrected chi connectivity index (χ4v) is 6.31. The lowest BCUT2D eigenvalue weighted by molar-refractivity contribution is -0.138. The Morgan fingerprint density at radius 2 is 1.76 bits per heavy atom. The third-order valence-corrected chi connectivity index (χ3v) is 8.83. The lowest BCUT2D eigenvalue weighted by Crippen LogP contribution is -2.49. The van der Waals surface area contributed by atoms with Gasteiger partial charge in [0, 0.05) is 32.1 Å². The lowest BCUT2D eigenvalue weighted by Gasteiger charge is -2.24. The zero-order chi connectivity index (χ0) is 31.9. The van der Waals surface area contributed by atoms with Crippen molar-refractivity contribution in [3.63, 3.8) is 0 Å². The summed E-state index contributed by atoms with van der Waals surface area (Å²) in [5.41, 5.74) is -0.204. The number of carboxylic acid groups (broad SMARTS) is 1. The third-order valence-electron chi connectivity index (χ3n) is 7.35. The number of oxime groups is 1. The summed E-state index contributed by atoms with van der Waals surface area (Å²) in [6, 6.07) is 19.9. The number of hydrogen-bond donors (Lipinski definition) is 4. The maximum atomic E-state index is 13.2. The number of rotatable bonds is 12. The van der Waals surface area contributed by atoms with E-state index in [4.69, 9.17) is 9.57 Å². The number of likely N-dealkylation sites (tertiary alicyclic amines) is 1. The molecule has 1 spiro atoms. The van der Waals surface area contributed by atoms with Crippen molar-refractivity contribution < 1.29 is 37.5 Å². The number of aromatic nitrogens is 1. The van der Waals surface area contributed by atoms with Gasteiger partial charge in [0.1, 0.15) is 24.2 Å². The zero-order valence-corrected chi connectivity index (χ0v) is 24.9. The van der Waals surface area contributed by atoms with Gasteiger partial charge in [-0.3, -0.25) is 14.5 Å². The fraction of sp³-hybridized carbons (Fsp3) is 0.300. The van der Waals surface area contributed by atoms with E-state index < -0.39 is 52.2 Å². The Morgan fingerprint density at radius 1 is 1.04 bits per heavy atom. The summed E-state index contributed by atoms with van der Waals surface area (Å²) in [6.07, 6.45) is 1.45. The van der Waals surface area contributed by atoms with Crippen molar-refractivity contribution in [3.05, 3.63) is 90.6 Å². The van der Waals surface area contributed by atoms with E-state index in [1.165, 1.54) is 29.2 Å². The molecule has 2 aliphatic heterocycles. The highest BCUT2D eigenvalue weighted by Crippen LogP contribution is 2.38. The van der Waals surface area contributed by atoms with E-state index in [-0.39, 0.29) is 30.2 Å². The number of amides is 2. The van der Waals surface area contributed by atoms with E-state index in [0.29, 0.717) is 18.8 Å². The molecule has 14 nitrogen and oxygen atoms in total. The highest BCUT2D eigenvalue weighted by Gasteiger charge is 2.52. The quantitative estimate of drug-likeness (QED) is 0.229. The molecule has 1 aromatic heterocycles. The van der Waals surface area contributed by atoms with Crippen molar-refractivity contribution in [1.82, 2.24) is 19.9 Å². The second-order valence-electron chi connectivity index (χ2n) is 10.6. The van der Waals surface area contributed by atoms with Crippen LogP contribution in [0.3, 0.4) is 0 Å². The Balaban J connectivity index is 1.21. The number of aliphatic carboxylic acids is 1. The molecule has 2 aliphatic rings. The molecule has 236 valence electrons. The number of carbonyl (C=O) groups excluding carboxylic acids is 2. The predicted molar refractivity (Wildman–Crippen MR) is 162 cm³/mol. The van der Waals surface area contributed by atoms with Crippen LogP contribution in [0, 0.1) is 0 Å². The number of benzene rings is 2. The van der Waals surface area contributed by atoms with E-state index in [0.717, 1.165) is 5.56 Å². The minimum absolute atomic E-state index is 0.0130. The number of pyridine rings is 1. The van der Waals surface area contributed by atoms with Gasteiger partial charge in [0.2, 0.25) is 10.0 Å². The molecule has 45 heavy (non-hydrogen) atoms. The van der Waals surface area contributed by atoms with Gasteiger partial charge in [-0.15, -0.1) is 0 Å². The highest BCUT2D eigenvalue weighted by molar-refractivity contribution is 7.89. The minimum atomic E-state index is -4.16. The molecule has 1 saturated heterocycles. The molecule has 0 radical (unpaired) electrons. The van der Waals surface area contributed by atoms with Gasteiger partial charge in [0.25, 0.3) is 5.91 Å². The number of ether oxygens (including phenoxy) is 1. The van der Waals surface area contributed by atoms with Crippen molar-refractivity contribution in [2.24, 2.45) is 5.16 Å². The Morgan fingerprint density at radius 3 is 2.44 bits per heavy atom. The van der Waals surface area contributed by atoms with E-state index in [2.05, 4.69) is 25.5 Å². The SMILES string of the molecule is O=C(NC[C@H](NS(=O)(=O)c1ccccc1)C(=O)O)C1=NOC2(C1)CC(CNc1ccccn1)N(C(=O)OCc1ccccc1)C2. The van der Waals surface area contributed by atoms with Crippen LogP contribution in [0.15, 0.2) is 95.1 Å². The third kappa shape index (κ3) is 7.93. The molecule has 3 heterocycles. The van der Waals surface area contributed by atoms with E-state index in [1.807, 2.05) is 36.4 Å². The second kappa shape index (κ2) is 13.7. The molecule has 15 heteroatoms. The fourth-order valence-electron chi connectivity index (χ4n) is 5.10. The van der Waals surface area contributed by atoms with Crippen LogP contribution in [0.5, 0.6) is 0 Å². The monoisotopic (exact) mass is 636 g/mol. The topological polar surface area (TPSA) is 189 Å². The van der Waals surface area contributed by atoms with Gasteiger partial charge >= 0.3 is 12.1 Å². The van der Waals surface area contributed by atoms with Crippen LogP contribution < -0.4 is 15.4 Å². The average molecular weight is 637 g/mol. The molecule has 2 aromatic carbocycles. The van der Waals surface area contributed by atoms with E-state index >= 15 is 0 Å². The molecular formula is C30H32N6O8S. The molecule has 1 fully saturated rings. The molecule has 0 saturated carbocycles. The molecule has 2 unspecified atom stereocenters. The molecule has 3 aromatic rings. The van der Waals surface area contributed by atoms with Gasteiger partial charge in [-0.2, -0.15) is 4.72 Å². The molecule has 0 aliphatic carbocycles.